The summed E-state index contributed by atoms with van der Waals surface area (Å²) in [5.74, 6) is 0.795. The zero-order chi connectivity index (χ0) is 17.5. The van der Waals surface area contributed by atoms with Gasteiger partial charge in [0, 0.05) is 27.2 Å². The van der Waals surface area contributed by atoms with Crippen molar-refractivity contribution >= 4 is 35.2 Å². The zero-order valence-electron chi connectivity index (χ0n) is 13.2. The molecule has 0 saturated heterocycles. The standard InChI is InChI=1S/C18H16Cl2O4/c1-22-15-6-7-17(23-2)12(9-15)4-8-18(21)24-11-13-3-5-14(19)10-16(13)20/h3-10H,11H2,1-2H3. The first-order valence-electron chi connectivity index (χ1n) is 7.04. The van der Waals surface area contributed by atoms with Crippen molar-refractivity contribution in [1.82, 2.24) is 0 Å². The molecule has 0 aliphatic carbocycles. The molecule has 0 radical (unpaired) electrons. The molecular weight excluding hydrogens is 351 g/mol. The van der Waals surface area contributed by atoms with E-state index >= 15 is 0 Å². The molecule has 2 rings (SSSR count). The molecule has 0 spiro atoms. The van der Waals surface area contributed by atoms with E-state index in [2.05, 4.69) is 0 Å². The summed E-state index contributed by atoms with van der Waals surface area (Å²) in [7, 11) is 3.12. The van der Waals surface area contributed by atoms with Crippen LogP contribution in [-0.2, 0) is 16.1 Å². The molecule has 0 N–H and O–H groups in total. The third kappa shape index (κ3) is 4.91. The van der Waals surface area contributed by atoms with Crippen molar-refractivity contribution in [3.63, 3.8) is 0 Å². The van der Waals surface area contributed by atoms with Gasteiger partial charge in [-0.25, -0.2) is 4.79 Å². The van der Waals surface area contributed by atoms with Crippen LogP contribution in [0.2, 0.25) is 10.0 Å². The molecule has 126 valence electrons. The Hall–Kier alpha value is -2.17. The third-order valence-electron chi connectivity index (χ3n) is 3.22. The molecule has 6 heteroatoms. The van der Waals surface area contributed by atoms with Gasteiger partial charge in [0.05, 0.1) is 14.2 Å². The Morgan fingerprint density at radius 3 is 2.54 bits per heavy atom. The Labute approximate surface area is 150 Å². The quantitative estimate of drug-likeness (QED) is 0.545. The first-order valence-corrected chi connectivity index (χ1v) is 7.80. The summed E-state index contributed by atoms with van der Waals surface area (Å²) in [6, 6.07) is 10.3. The lowest BCUT2D eigenvalue weighted by molar-refractivity contribution is -0.138. The number of halogens is 2. The summed E-state index contributed by atoms with van der Waals surface area (Å²) in [6.45, 7) is 0.0639. The number of ether oxygens (including phenoxy) is 3. The third-order valence-corrected chi connectivity index (χ3v) is 3.81. The van der Waals surface area contributed by atoms with E-state index < -0.39 is 5.97 Å². The van der Waals surface area contributed by atoms with Crippen molar-refractivity contribution in [2.45, 2.75) is 6.61 Å². The van der Waals surface area contributed by atoms with Crippen molar-refractivity contribution in [1.29, 1.82) is 0 Å². The minimum atomic E-state index is -0.495. The van der Waals surface area contributed by atoms with Crippen molar-refractivity contribution in [2.24, 2.45) is 0 Å². The number of carbonyl (C=O) groups excluding carboxylic acids is 1. The molecule has 24 heavy (non-hydrogen) atoms. The Morgan fingerprint density at radius 2 is 1.88 bits per heavy atom. The van der Waals surface area contributed by atoms with Crippen LogP contribution in [0, 0.1) is 0 Å². The molecule has 0 aliphatic heterocycles. The number of methoxy groups -OCH3 is 2. The van der Waals surface area contributed by atoms with E-state index in [0.29, 0.717) is 32.7 Å². The normalized spacial score (nSPS) is 10.7. The van der Waals surface area contributed by atoms with Crippen LogP contribution in [0.3, 0.4) is 0 Å². The van der Waals surface area contributed by atoms with Crippen molar-refractivity contribution in [3.05, 3.63) is 63.6 Å². The molecule has 2 aromatic carbocycles. The lowest BCUT2D eigenvalue weighted by Gasteiger charge is -2.07. The van der Waals surface area contributed by atoms with Gasteiger partial charge < -0.3 is 14.2 Å². The molecule has 0 unspecified atom stereocenters. The fourth-order valence-corrected chi connectivity index (χ4v) is 2.43. The van der Waals surface area contributed by atoms with E-state index in [0.717, 1.165) is 0 Å². The zero-order valence-corrected chi connectivity index (χ0v) is 14.7. The molecule has 0 heterocycles. The van der Waals surface area contributed by atoms with Crippen LogP contribution in [0.25, 0.3) is 6.08 Å². The van der Waals surface area contributed by atoms with Crippen molar-refractivity contribution in [2.75, 3.05) is 14.2 Å². The lowest BCUT2D eigenvalue weighted by atomic mass is 10.1. The van der Waals surface area contributed by atoms with E-state index in [-0.39, 0.29) is 6.61 Å². The van der Waals surface area contributed by atoms with Crippen LogP contribution < -0.4 is 9.47 Å². The van der Waals surface area contributed by atoms with Gasteiger partial charge in [-0.05, 0) is 36.4 Å². The van der Waals surface area contributed by atoms with E-state index in [9.17, 15) is 4.79 Å². The maximum atomic E-state index is 11.9. The fourth-order valence-electron chi connectivity index (χ4n) is 1.96. The van der Waals surface area contributed by atoms with Gasteiger partial charge in [0.25, 0.3) is 0 Å². The van der Waals surface area contributed by atoms with Gasteiger partial charge in [-0.1, -0.05) is 29.3 Å². The number of carbonyl (C=O) groups is 1. The van der Waals surface area contributed by atoms with E-state index in [4.69, 9.17) is 37.4 Å². The van der Waals surface area contributed by atoms with Gasteiger partial charge in [-0.2, -0.15) is 0 Å². The highest BCUT2D eigenvalue weighted by Crippen LogP contribution is 2.25. The summed E-state index contributed by atoms with van der Waals surface area (Å²) in [5.41, 5.74) is 1.39. The molecule has 4 nitrogen and oxygen atoms in total. The second kappa shape index (κ2) is 8.62. The van der Waals surface area contributed by atoms with Gasteiger partial charge in [0.2, 0.25) is 0 Å². The highest BCUT2D eigenvalue weighted by Gasteiger charge is 2.06. The largest absolute Gasteiger partial charge is 0.497 e. The van der Waals surface area contributed by atoms with E-state index in [1.165, 1.54) is 6.08 Å². The second-order valence-electron chi connectivity index (χ2n) is 4.78. The summed E-state index contributed by atoms with van der Waals surface area (Å²) in [5, 5.41) is 0.980. The Bertz CT molecular complexity index is 757. The number of rotatable bonds is 6. The number of benzene rings is 2. The van der Waals surface area contributed by atoms with Gasteiger partial charge >= 0.3 is 5.97 Å². The highest BCUT2D eigenvalue weighted by molar-refractivity contribution is 6.35. The maximum absolute atomic E-state index is 11.9. The fraction of sp³-hybridized carbons (Fsp3) is 0.167. The molecule has 0 amide bonds. The SMILES string of the molecule is COc1ccc(OC)c(C=CC(=O)OCc2ccc(Cl)cc2Cl)c1. The maximum Gasteiger partial charge on any atom is 0.331 e. The Kier molecular flexibility index (Phi) is 6.53. The van der Waals surface area contributed by atoms with Crippen LogP contribution in [0.5, 0.6) is 11.5 Å². The van der Waals surface area contributed by atoms with Crippen molar-refractivity contribution < 1.29 is 19.0 Å². The smallest absolute Gasteiger partial charge is 0.331 e. The van der Waals surface area contributed by atoms with Gasteiger partial charge in [0.1, 0.15) is 18.1 Å². The summed E-state index contributed by atoms with van der Waals surface area (Å²) in [4.78, 5) is 11.9. The van der Waals surface area contributed by atoms with Gasteiger partial charge in [-0.15, -0.1) is 0 Å². The summed E-state index contributed by atoms with van der Waals surface area (Å²) >= 11 is 11.9. The minimum absolute atomic E-state index is 0.0639. The van der Waals surface area contributed by atoms with Crippen LogP contribution in [0.4, 0.5) is 0 Å². The molecule has 0 saturated carbocycles. The van der Waals surface area contributed by atoms with Crippen LogP contribution in [0.1, 0.15) is 11.1 Å². The number of hydrogen-bond donors (Lipinski definition) is 0. The Morgan fingerprint density at radius 1 is 1.08 bits per heavy atom. The molecule has 0 aliphatic rings. The average Bonchev–Trinajstić information content (AvgIpc) is 2.58. The number of hydrogen-bond acceptors (Lipinski definition) is 4. The first-order chi connectivity index (χ1) is 11.5. The topological polar surface area (TPSA) is 44.8 Å². The van der Waals surface area contributed by atoms with E-state index in [1.54, 1.807) is 56.7 Å². The molecule has 2 aromatic rings. The molecule has 0 atom stereocenters. The molecule has 0 fully saturated rings. The summed E-state index contributed by atoms with van der Waals surface area (Å²) < 4.78 is 15.6. The Balaban J connectivity index is 2.02. The minimum Gasteiger partial charge on any atom is -0.497 e. The predicted molar refractivity (Wildman–Crippen MR) is 94.8 cm³/mol. The highest BCUT2D eigenvalue weighted by atomic mass is 35.5. The predicted octanol–water partition coefficient (Wildman–Crippen LogP) is 4.77. The lowest BCUT2D eigenvalue weighted by Crippen LogP contribution is -2.01. The first kappa shape index (κ1) is 18.2. The van der Waals surface area contributed by atoms with Crippen LogP contribution in [-0.4, -0.2) is 20.2 Å². The van der Waals surface area contributed by atoms with E-state index in [1.807, 2.05) is 0 Å². The molecule has 0 aromatic heterocycles. The summed E-state index contributed by atoms with van der Waals surface area (Å²) in [6.07, 6.45) is 2.92. The van der Waals surface area contributed by atoms with Gasteiger partial charge in [-0.3, -0.25) is 0 Å². The molecular formula is C18H16Cl2O4. The van der Waals surface area contributed by atoms with Crippen molar-refractivity contribution in [3.8, 4) is 11.5 Å². The van der Waals surface area contributed by atoms with Crippen LogP contribution in [0.15, 0.2) is 42.5 Å². The van der Waals surface area contributed by atoms with Crippen LogP contribution >= 0.6 is 23.2 Å². The molecule has 0 bridgehead atoms. The second-order valence-corrected chi connectivity index (χ2v) is 5.63. The van der Waals surface area contributed by atoms with Gasteiger partial charge in [0.15, 0.2) is 0 Å². The number of esters is 1. The average molecular weight is 367 g/mol. The monoisotopic (exact) mass is 366 g/mol.